The van der Waals surface area contributed by atoms with E-state index in [2.05, 4.69) is 19.2 Å². The van der Waals surface area contributed by atoms with Gasteiger partial charge in [-0.15, -0.1) is 0 Å². The first kappa shape index (κ1) is 18.4. The second-order valence-corrected chi connectivity index (χ2v) is 7.79. The molecule has 5 heteroatoms. The molecular weight excluding hydrogens is 350 g/mol. The first-order valence-corrected chi connectivity index (χ1v) is 9.90. The van der Waals surface area contributed by atoms with Crippen LogP contribution < -0.4 is 10.2 Å². The van der Waals surface area contributed by atoms with Crippen LogP contribution in [-0.2, 0) is 9.59 Å². The van der Waals surface area contributed by atoms with Crippen LogP contribution in [0.25, 0.3) is 0 Å². The number of fused-ring (bicyclic) bond motifs is 2. The maximum Gasteiger partial charge on any atom is 0.244 e. The van der Waals surface area contributed by atoms with Crippen LogP contribution in [0.5, 0.6) is 0 Å². The number of hydrogen-bond acceptors (Lipinski definition) is 3. The largest absolute Gasteiger partial charge is 0.325 e. The minimum atomic E-state index is -0.207. The molecule has 1 atom stereocenters. The summed E-state index contributed by atoms with van der Waals surface area (Å²) in [7, 11) is 0. The smallest absolute Gasteiger partial charge is 0.244 e. The zero-order valence-electron chi connectivity index (χ0n) is 16.3. The fraction of sp³-hybridized carbons (Fsp3) is 0.348. The van der Waals surface area contributed by atoms with Crippen molar-refractivity contribution in [2.45, 2.75) is 39.0 Å². The molecule has 1 aliphatic heterocycles. The van der Waals surface area contributed by atoms with E-state index < -0.39 is 0 Å². The predicted molar refractivity (Wildman–Crippen MR) is 112 cm³/mol. The Morgan fingerprint density at radius 3 is 2.68 bits per heavy atom. The molecule has 0 unspecified atom stereocenters. The molecule has 0 bridgehead atoms. The number of carbonyl (C=O) groups is 2. The number of anilines is 2. The minimum Gasteiger partial charge on any atom is -0.325 e. The van der Waals surface area contributed by atoms with Crippen molar-refractivity contribution in [3.8, 4) is 0 Å². The third kappa shape index (κ3) is 3.57. The summed E-state index contributed by atoms with van der Waals surface area (Å²) in [6.45, 7) is 4.26. The second kappa shape index (κ2) is 7.58. The van der Waals surface area contributed by atoms with Gasteiger partial charge in [0, 0.05) is 11.4 Å². The lowest BCUT2D eigenvalue weighted by atomic mass is 10.0. The van der Waals surface area contributed by atoms with Crippen LogP contribution in [0.15, 0.2) is 53.5 Å². The van der Waals surface area contributed by atoms with E-state index in [1.165, 1.54) is 5.56 Å². The van der Waals surface area contributed by atoms with Crippen molar-refractivity contribution in [3.63, 3.8) is 0 Å². The highest BCUT2D eigenvalue weighted by molar-refractivity contribution is 6.16. The molecule has 1 aliphatic carbocycles. The number of nitrogens with one attached hydrogen (secondary N) is 1. The molecule has 2 aliphatic rings. The third-order valence-electron chi connectivity index (χ3n) is 5.49. The van der Waals surface area contributed by atoms with Crippen molar-refractivity contribution in [1.82, 2.24) is 0 Å². The molecule has 2 amide bonds. The Morgan fingerprint density at radius 1 is 1.18 bits per heavy atom. The molecule has 2 aromatic carbocycles. The molecule has 4 rings (SSSR count). The van der Waals surface area contributed by atoms with E-state index in [1.807, 2.05) is 48.5 Å². The molecule has 1 heterocycles. The van der Waals surface area contributed by atoms with E-state index in [9.17, 15) is 9.59 Å². The lowest BCUT2D eigenvalue weighted by Gasteiger charge is -2.24. The van der Waals surface area contributed by atoms with Gasteiger partial charge in [-0.05, 0) is 55.0 Å². The number of hydrogen-bond donors (Lipinski definition) is 1. The molecule has 1 fully saturated rings. The van der Waals surface area contributed by atoms with Crippen LogP contribution in [0.4, 0.5) is 17.1 Å². The minimum absolute atomic E-state index is 0.0128. The molecule has 0 saturated heterocycles. The van der Waals surface area contributed by atoms with Crippen molar-refractivity contribution in [1.29, 1.82) is 0 Å². The van der Waals surface area contributed by atoms with E-state index in [1.54, 1.807) is 4.90 Å². The van der Waals surface area contributed by atoms with E-state index in [4.69, 9.17) is 4.99 Å². The Hall–Kier alpha value is -2.95. The van der Waals surface area contributed by atoms with Gasteiger partial charge in [0.25, 0.3) is 0 Å². The Bertz CT molecular complexity index is 931. The van der Waals surface area contributed by atoms with Crippen LogP contribution in [0.1, 0.15) is 44.6 Å². The monoisotopic (exact) mass is 375 g/mol. The summed E-state index contributed by atoms with van der Waals surface area (Å²) in [6.07, 6.45) is 2.63. The van der Waals surface area contributed by atoms with Crippen LogP contribution in [-0.4, -0.2) is 24.1 Å². The Kier molecular flexibility index (Phi) is 4.99. The van der Waals surface area contributed by atoms with E-state index in [0.717, 1.165) is 36.3 Å². The van der Waals surface area contributed by atoms with Gasteiger partial charge < -0.3 is 10.2 Å². The Balaban J connectivity index is 1.55. The summed E-state index contributed by atoms with van der Waals surface area (Å²) in [5.41, 5.74) is 4.39. The van der Waals surface area contributed by atoms with Gasteiger partial charge in [0.15, 0.2) is 0 Å². The summed E-state index contributed by atoms with van der Waals surface area (Å²) in [6, 6.07) is 15.4. The first-order valence-electron chi connectivity index (χ1n) is 9.90. The molecule has 144 valence electrons. The number of carbonyl (C=O) groups excluding carboxylic acids is 2. The number of benzene rings is 2. The molecule has 0 radical (unpaired) electrons. The number of rotatable bonds is 4. The second-order valence-electron chi connectivity index (χ2n) is 7.79. The molecule has 5 nitrogen and oxygen atoms in total. The zero-order chi connectivity index (χ0) is 19.7. The highest BCUT2D eigenvalue weighted by Gasteiger charge is 2.37. The summed E-state index contributed by atoms with van der Waals surface area (Å²) < 4.78 is 0. The molecule has 1 saturated carbocycles. The van der Waals surface area contributed by atoms with Gasteiger partial charge in [-0.3, -0.25) is 14.6 Å². The summed E-state index contributed by atoms with van der Waals surface area (Å²) >= 11 is 0. The van der Waals surface area contributed by atoms with E-state index in [-0.39, 0.29) is 24.3 Å². The molecular formula is C23H25N3O2. The highest BCUT2D eigenvalue weighted by Crippen LogP contribution is 2.37. The van der Waals surface area contributed by atoms with Crippen molar-refractivity contribution < 1.29 is 9.59 Å². The van der Waals surface area contributed by atoms with Gasteiger partial charge in [-0.25, -0.2) is 0 Å². The van der Waals surface area contributed by atoms with Crippen molar-refractivity contribution in [2.75, 3.05) is 16.8 Å². The summed E-state index contributed by atoms with van der Waals surface area (Å²) in [4.78, 5) is 32.2. The number of nitrogens with zero attached hydrogens (tertiary/aromatic N) is 2. The molecule has 2 aromatic rings. The average molecular weight is 375 g/mol. The molecule has 0 spiro atoms. The fourth-order valence-corrected chi connectivity index (χ4v) is 3.94. The highest BCUT2D eigenvalue weighted by atomic mass is 16.2. The van der Waals surface area contributed by atoms with Crippen LogP contribution in [0.3, 0.4) is 0 Å². The van der Waals surface area contributed by atoms with E-state index >= 15 is 0 Å². The first-order chi connectivity index (χ1) is 13.5. The maximum absolute atomic E-state index is 13.2. The Morgan fingerprint density at radius 2 is 1.93 bits per heavy atom. The van der Waals surface area contributed by atoms with Crippen LogP contribution in [0.2, 0.25) is 0 Å². The van der Waals surface area contributed by atoms with Gasteiger partial charge in [0.2, 0.25) is 11.8 Å². The Labute approximate surface area is 165 Å². The standard InChI is InChI=1S/C23H25N3O2/c1-15(2)16-10-12-17(13-11-16)24-22(27)14-26-21-9-4-3-7-20(21)25-19-8-5-6-18(19)23(26)28/h3-4,7,9-13,15,18H,5-6,8,14H2,1-2H3,(H,24,27)/t18-/m0/s1. The van der Waals surface area contributed by atoms with Gasteiger partial charge >= 0.3 is 0 Å². The average Bonchev–Trinajstić information content (AvgIpc) is 3.11. The van der Waals surface area contributed by atoms with Gasteiger partial charge in [-0.2, -0.15) is 0 Å². The molecule has 0 aromatic heterocycles. The normalized spacial score (nSPS) is 18.4. The van der Waals surface area contributed by atoms with Crippen molar-refractivity contribution in [3.05, 3.63) is 54.1 Å². The summed E-state index contributed by atoms with van der Waals surface area (Å²) in [5, 5.41) is 2.92. The third-order valence-corrected chi connectivity index (χ3v) is 5.49. The predicted octanol–water partition coefficient (Wildman–Crippen LogP) is 4.67. The van der Waals surface area contributed by atoms with Gasteiger partial charge in [0.1, 0.15) is 6.54 Å². The number of amides is 2. The lowest BCUT2D eigenvalue weighted by Crippen LogP contribution is -2.41. The van der Waals surface area contributed by atoms with Crippen molar-refractivity contribution >= 4 is 34.6 Å². The number of para-hydroxylation sites is 2. The van der Waals surface area contributed by atoms with Crippen LogP contribution >= 0.6 is 0 Å². The SMILES string of the molecule is CC(C)c1ccc(NC(=O)CN2C(=O)[C@H]3CCCC3=Nc3ccccc32)cc1. The quantitative estimate of drug-likeness (QED) is 0.844. The van der Waals surface area contributed by atoms with Crippen LogP contribution in [0, 0.1) is 5.92 Å². The van der Waals surface area contributed by atoms with Gasteiger partial charge in [-0.1, -0.05) is 38.1 Å². The molecule has 28 heavy (non-hydrogen) atoms. The number of aliphatic imine (C=N–C) groups is 1. The van der Waals surface area contributed by atoms with Gasteiger partial charge in [0.05, 0.1) is 17.3 Å². The fourth-order valence-electron chi connectivity index (χ4n) is 3.94. The lowest BCUT2D eigenvalue weighted by molar-refractivity contribution is -0.122. The van der Waals surface area contributed by atoms with Crippen molar-refractivity contribution in [2.24, 2.45) is 10.9 Å². The molecule has 1 N–H and O–H groups in total. The van der Waals surface area contributed by atoms with E-state index in [0.29, 0.717) is 11.6 Å². The topological polar surface area (TPSA) is 61.8 Å². The summed E-state index contributed by atoms with van der Waals surface area (Å²) in [5.74, 6) is 0.00973. The zero-order valence-corrected chi connectivity index (χ0v) is 16.3. The maximum atomic E-state index is 13.2.